The molecule has 0 unspecified atom stereocenters. The highest BCUT2D eigenvalue weighted by atomic mass is 35.5. The fourth-order valence-corrected chi connectivity index (χ4v) is 2.65. The number of fused-ring (bicyclic) bond motifs is 1. The van der Waals surface area contributed by atoms with Crippen LogP contribution in [0.2, 0.25) is 5.02 Å². The summed E-state index contributed by atoms with van der Waals surface area (Å²) in [7, 11) is 0. The van der Waals surface area contributed by atoms with Crippen molar-refractivity contribution in [2.24, 2.45) is 0 Å². The Balaban J connectivity index is 2.04. The van der Waals surface area contributed by atoms with E-state index in [4.69, 9.17) is 20.8 Å². The van der Waals surface area contributed by atoms with Crippen LogP contribution in [0.4, 0.5) is 0 Å². The SMILES string of the molecule is O=c1cc(C[NH+]2CCOCC2)c2cc(Cl)c(O)cc2o1. The number of halogens is 1. The summed E-state index contributed by atoms with van der Waals surface area (Å²) in [6, 6.07) is 4.53. The molecule has 1 fully saturated rings. The zero-order valence-corrected chi connectivity index (χ0v) is 11.6. The fraction of sp³-hybridized carbons (Fsp3) is 0.357. The molecule has 0 aliphatic carbocycles. The summed E-state index contributed by atoms with van der Waals surface area (Å²) in [4.78, 5) is 13.0. The quantitative estimate of drug-likeness (QED) is 0.795. The van der Waals surface area contributed by atoms with Crippen LogP contribution < -0.4 is 10.5 Å². The normalized spacial score (nSPS) is 16.6. The fourth-order valence-electron chi connectivity index (χ4n) is 2.49. The number of aromatic hydroxyl groups is 1. The Morgan fingerprint density at radius 3 is 2.75 bits per heavy atom. The van der Waals surface area contributed by atoms with Crippen molar-refractivity contribution in [3.05, 3.63) is 39.2 Å². The van der Waals surface area contributed by atoms with Crippen LogP contribution in [-0.4, -0.2) is 31.4 Å². The first-order valence-corrected chi connectivity index (χ1v) is 6.88. The van der Waals surface area contributed by atoms with E-state index in [9.17, 15) is 9.90 Å². The Morgan fingerprint density at radius 2 is 2.00 bits per heavy atom. The van der Waals surface area contributed by atoms with E-state index in [1.54, 1.807) is 6.07 Å². The van der Waals surface area contributed by atoms with Crippen LogP contribution >= 0.6 is 11.6 Å². The maximum absolute atomic E-state index is 11.6. The van der Waals surface area contributed by atoms with Gasteiger partial charge in [0.2, 0.25) is 0 Å². The second-order valence-electron chi connectivity index (χ2n) is 4.93. The van der Waals surface area contributed by atoms with Gasteiger partial charge in [-0.05, 0) is 6.07 Å². The molecule has 0 atom stereocenters. The molecule has 2 N–H and O–H groups in total. The summed E-state index contributed by atoms with van der Waals surface area (Å²) in [6.07, 6.45) is 0. The van der Waals surface area contributed by atoms with E-state index in [-0.39, 0.29) is 10.8 Å². The van der Waals surface area contributed by atoms with Crippen LogP contribution in [0.25, 0.3) is 11.0 Å². The van der Waals surface area contributed by atoms with Crippen molar-refractivity contribution in [1.82, 2.24) is 0 Å². The van der Waals surface area contributed by atoms with Gasteiger partial charge in [-0.15, -0.1) is 0 Å². The molecule has 3 rings (SSSR count). The summed E-state index contributed by atoms with van der Waals surface area (Å²) >= 11 is 5.95. The first-order chi connectivity index (χ1) is 9.63. The largest absolute Gasteiger partial charge is 0.506 e. The van der Waals surface area contributed by atoms with E-state index in [1.165, 1.54) is 17.0 Å². The van der Waals surface area contributed by atoms with Crippen molar-refractivity contribution >= 4 is 22.6 Å². The number of nitrogens with one attached hydrogen (secondary N) is 1. The third-order valence-corrected chi connectivity index (χ3v) is 3.84. The molecule has 0 bridgehead atoms. The van der Waals surface area contributed by atoms with Crippen LogP contribution in [0.1, 0.15) is 5.56 Å². The second-order valence-corrected chi connectivity index (χ2v) is 5.34. The molecule has 1 aliphatic heterocycles. The molecule has 1 aliphatic rings. The Hall–Kier alpha value is -1.56. The van der Waals surface area contributed by atoms with E-state index in [0.717, 1.165) is 37.3 Å². The molecule has 1 aromatic heterocycles. The van der Waals surface area contributed by atoms with Gasteiger partial charge in [-0.1, -0.05) is 11.6 Å². The third-order valence-electron chi connectivity index (χ3n) is 3.54. The van der Waals surface area contributed by atoms with Gasteiger partial charge in [0.05, 0.1) is 18.2 Å². The Morgan fingerprint density at radius 1 is 1.25 bits per heavy atom. The van der Waals surface area contributed by atoms with Gasteiger partial charge in [0, 0.05) is 23.1 Å². The number of phenols is 1. The zero-order valence-electron chi connectivity index (χ0n) is 10.8. The molecule has 1 saturated heterocycles. The summed E-state index contributed by atoms with van der Waals surface area (Å²) in [6.45, 7) is 4.00. The average Bonchev–Trinajstić information content (AvgIpc) is 2.42. The van der Waals surface area contributed by atoms with Crippen molar-refractivity contribution < 1.29 is 19.2 Å². The molecular formula is C14H15ClNO4+. The second kappa shape index (κ2) is 5.44. The number of rotatable bonds is 2. The summed E-state index contributed by atoms with van der Waals surface area (Å²) in [5.74, 6) is -0.0850. The molecule has 106 valence electrons. The smallest absolute Gasteiger partial charge is 0.336 e. The lowest BCUT2D eigenvalue weighted by Gasteiger charge is -2.24. The van der Waals surface area contributed by atoms with Crippen LogP contribution in [0, 0.1) is 0 Å². The molecule has 2 aromatic rings. The summed E-state index contributed by atoms with van der Waals surface area (Å²) in [5.41, 5.74) is 0.832. The molecule has 0 saturated carbocycles. The lowest BCUT2D eigenvalue weighted by Crippen LogP contribution is -3.12. The molecule has 0 spiro atoms. The summed E-state index contributed by atoms with van der Waals surface area (Å²) < 4.78 is 10.4. The van der Waals surface area contributed by atoms with Gasteiger partial charge in [-0.25, -0.2) is 4.79 Å². The van der Waals surface area contributed by atoms with E-state index in [2.05, 4.69) is 0 Å². The van der Waals surface area contributed by atoms with Gasteiger partial charge in [0.25, 0.3) is 0 Å². The van der Waals surface area contributed by atoms with Crippen molar-refractivity contribution in [2.75, 3.05) is 26.3 Å². The number of hydrogen-bond donors (Lipinski definition) is 2. The number of quaternary nitrogens is 1. The molecule has 5 nitrogen and oxygen atoms in total. The minimum atomic E-state index is -0.415. The molecule has 1 aromatic carbocycles. The third kappa shape index (κ3) is 2.65. The number of benzene rings is 1. The van der Waals surface area contributed by atoms with E-state index in [1.807, 2.05) is 0 Å². The zero-order chi connectivity index (χ0) is 14.1. The predicted octanol–water partition coefficient (Wildman–Crippen LogP) is 0.567. The number of phenolic OH excluding ortho intramolecular Hbond substituents is 1. The monoisotopic (exact) mass is 296 g/mol. The first kappa shape index (κ1) is 13.4. The van der Waals surface area contributed by atoms with Gasteiger partial charge in [0.15, 0.2) is 0 Å². The Labute approximate surface area is 120 Å². The molecule has 0 radical (unpaired) electrons. The first-order valence-electron chi connectivity index (χ1n) is 6.50. The van der Waals surface area contributed by atoms with Crippen molar-refractivity contribution in [3.8, 4) is 5.75 Å². The van der Waals surface area contributed by atoms with Crippen molar-refractivity contribution in [2.45, 2.75) is 6.54 Å². The Kier molecular flexibility index (Phi) is 3.65. The minimum Gasteiger partial charge on any atom is -0.506 e. The lowest BCUT2D eigenvalue weighted by atomic mass is 10.1. The predicted molar refractivity (Wildman–Crippen MR) is 74.4 cm³/mol. The molecular weight excluding hydrogens is 282 g/mol. The highest BCUT2D eigenvalue weighted by molar-refractivity contribution is 6.32. The molecule has 0 amide bonds. The summed E-state index contributed by atoms with van der Waals surface area (Å²) in [5, 5.41) is 10.6. The lowest BCUT2D eigenvalue weighted by molar-refractivity contribution is -0.921. The highest BCUT2D eigenvalue weighted by Gasteiger charge is 2.17. The number of hydrogen-bond acceptors (Lipinski definition) is 4. The van der Waals surface area contributed by atoms with Crippen LogP contribution in [0.5, 0.6) is 5.75 Å². The van der Waals surface area contributed by atoms with Gasteiger partial charge in [-0.2, -0.15) is 0 Å². The van der Waals surface area contributed by atoms with Gasteiger partial charge in [-0.3, -0.25) is 0 Å². The minimum absolute atomic E-state index is 0.0850. The molecule has 6 heteroatoms. The van der Waals surface area contributed by atoms with Gasteiger partial charge in [0.1, 0.15) is 31.0 Å². The number of ether oxygens (including phenoxy) is 1. The van der Waals surface area contributed by atoms with Crippen LogP contribution in [-0.2, 0) is 11.3 Å². The van der Waals surface area contributed by atoms with E-state index < -0.39 is 5.63 Å². The van der Waals surface area contributed by atoms with E-state index >= 15 is 0 Å². The molecule has 2 heterocycles. The standard InChI is InChI=1S/C14H14ClNO4/c15-11-6-10-9(8-16-1-3-19-4-2-16)5-14(18)20-13(10)7-12(11)17/h5-7,17H,1-4,8H2/p+1. The topological polar surface area (TPSA) is 64.1 Å². The maximum atomic E-state index is 11.6. The van der Waals surface area contributed by atoms with Crippen LogP contribution in [0.15, 0.2) is 27.4 Å². The van der Waals surface area contributed by atoms with Crippen LogP contribution in [0.3, 0.4) is 0 Å². The van der Waals surface area contributed by atoms with Crippen molar-refractivity contribution in [3.63, 3.8) is 0 Å². The van der Waals surface area contributed by atoms with E-state index in [0.29, 0.717) is 12.1 Å². The van der Waals surface area contributed by atoms with Crippen molar-refractivity contribution in [1.29, 1.82) is 0 Å². The van der Waals surface area contributed by atoms with Gasteiger partial charge >= 0.3 is 5.63 Å². The highest BCUT2D eigenvalue weighted by Crippen LogP contribution is 2.29. The average molecular weight is 297 g/mol. The van der Waals surface area contributed by atoms with Gasteiger partial charge < -0.3 is 19.2 Å². The maximum Gasteiger partial charge on any atom is 0.336 e. The number of morpholine rings is 1. The Bertz CT molecular complexity index is 691. The molecule has 20 heavy (non-hydrogen) atoms.